The van der Waals surface area contributed by atoms with Crippen LogP contribution in [0.5, 0.6) is 0 Å². The molecule has 0 aliphatic carbocycles. The first-order valence-electron chi connectivity index (χ1n) is 4.46. The number of hydrogen-bond donors (Lipinski definition) is 1. The van der Waals surface area contributed by atoms with Crippen LogP contribution in [0.4, 0.5) is 15.9 Å². The predicted molar refractivity (Wildman–Crippen MR) is 72.1 cm³/mol. The Bertz CT molecular complexity index is 565. The van der Waals surface area contributed by atoms with Gasteiger partial charge in [-0.1, -0.05) is 11.6 Å². The molecular weight excluding hydrogens is 376 g/mol. The lowest BCUT2D eigenvalue weighted by Gasteiger charge is -2.09. The Morgan fingerprint density at radius 1 is 1.24 bits per heavy atom. The fraction of sp³-hybridized carbons (Fsp3) is 0. The molecule has 17 heavy (non-hydrogen) atoms. The Labute approximate surface area is 119 Å². The first kappa shape index (κ1) is 12.7. The second-order valence-corrected chi connectivity index (χ2v) is 5.08. The Morgan fingerprint density at radius 3 is 2.76 bits per heavy atom. The molecule has 2 rings (SSSR count). The lowest BCUT2D eigenvalue weighted by atomic mass is 10.3. The Hall–Kier alpha value is -0.720. The van der Waals surface area contributed by atoms with Crippen LogP contribution in [0, 0.1) is 5.82 Å². The molecule has 2 aromatic rings. The fourth-order valence-electron chi connectivity index (χ4n) is 1.16. The number of aromatic nitrogens is 2. The van der Waals surface area contributed by atoms with Crippen molar-refractivity contribution in [2.24, 2.45) is 0 Å². The van der Waals surface area contributed by atoms with E-state index in [1.54, 1.807) is 6.07 Å². The second kappa shape index (κ2) is 5.29. The lowest BCUT2D eigenvalue weighted by Crippen LogP contribution is -1.97. The van der Waals surface area contributed by atoms with E-state index in [9.17, 15) is 4.39 Å². The molecule has 1 heterocycles. The van der Waals surface area contributed by atoms with Crippen molar-refractivity contribution in [2.75, 3.05) is 5.32 Å². The van der Waals surface area contributed by atoms with Crippen LogP contribution < -0.4 is 5.32 Å². The van der Waals surface area contributed by atoms with Crippen LogP contribution in [-0.4, -0.2) is 9.97 Å². The van der Waals surface area contributed by atoms with Crippen molar-refractivity contribution < 1.29 is 4.39 Å². The summed E-state index contributed by atoms with van der Waals surface area (Å²) in [4.78, 5) is 7.81. The summed E-state index contributed by atoms with van der Waals surface area (Å²) in [6.45, 7) is 0. The molecular formula is C10H5Br2ClFN3. The number of rotatable bonds is 2. The van der Waals surface area contributed by atoms with Gasteiger partial charge in [0.2, 0.25) is 0 Å². The zero-order chi connectivity index (χ0) is 12.4. The molecule has 1 aromatic carbocycles. The van der Waals surface area contributed by atoms with E-state index in [4.69, 9.17) is 11.6 Å². The van der Waals surface area contributed by atoms with Crippen molar-refractivity contribution in [1.29, 1.82) is 0 Å². The van der Waals surface area contributed by atoms with Crippen LogP contribution in [0.15, 0.2) is 33.5 Å². The maximum Gasteiger partial charge on any atom is 0.149 e. The minimum Gasteiger partial charge on any atom is -0.338 e. The molecule has 0 bridgehead atoms. The summed E-state index contributed by atoms with van der Waals surface area (Å²) in [5, 5.41) is 3.24. The summed E-state index contributed by atoms with van der Waals surface area (Å²) >= 11 is 12.4. The third-order valence-electron chi connectivity index (χ3n) is 1.93. The SMILES string of the molecule is Fc1ccc(Br)c(Nc2ncnc(Cl)c2Br)c1. The summed E-state index contributed by atoms with van der Waals surface area (Å²) in [5.41, 5.74) is 0.556. The third-order valence-corrected chi connectivity index (χ3v) is 3.89. The van der Waals surface area contributed by atoms with Crippen molar-refractivity contribution in [2.45, 2.75) is 0 Å². The summed E-state index contributed by atoms with van der Waals surface area (Å²) in [6, 6.07) is 4.32. The van der Waals surface area contributed by atoms with Crippen LogP contribution in [-0.2, 0) is 0 Å². The average Bonchev–Trinajstić information content (AvgIpc) is 2.30. The van der Waals surface area contributed by atoms with Crippen LogP contribution in [0.25, 0.3) is 0 Å². The van der Waals surface area contributed by atoms with Crippen molar-refractivity contribution in [1.82, 2.24) is 9.97 Å². The standard InChI is InChI=1S/C10H5Br2ClFN3/c11-6-2-1-5(14)3-7(6)17-10-8(12)9(13)15-4-16-10/h1-4H,(H,15,16,17). The van der Waals surface area contributed by atoms with Gasteiger partial charge in [0, 0.05) is 4.47 Å². The molecule has 0 radical (unpaired) electrons. The highest BCUT2D eigenvalue weighted by Crippen LogP contribution is 2.31. The number of nitrogens with zero attached hydrogens (tertiary/aromatic N) is 2. The number of anilines is 2. The van der Waals surface area contributed by atoms with E-state index in [-0.39, 0.29) is 11.0 Å². The predicted octanol–water partition coefficient (Wildman–Crippen LogP) is 4.54. The summed E-state index contributed by atoms with van der Waals surface area (Å²) in [6.07, 6.45) is 1.32. The maximum atomic E-state index is 13.1. The van der Waals surface area contributed by atoms with Gasteiger partial charge < -0.3 is 5.32 Å². The van der Waals surface area contributed by atoms with Gasteiger partial charge >= 0.3 is 0 Å². The van der Waals surface area contributed by atoms with E-state index in [0.717, 1.165) is 4.47 Å². The van der Waals surface area contributed by atoms with Crippen molar-refractivity contribution >= 4 is 55.0 Å². The molecule has 0 amide bonds. The zero-order valence-corrected chi connectivity index (χ0v) is 12.1. The molecule has 0 aliphatic heterocycles. The molecule has 0 unspecified atom stereocenters. The quantitative estimate of drug-likeness (QED) is 0.777. The fourth-order valence-corrected chi connectivity index (χ4v) is 1.94. The van der Waals surface area contributed by atoms with Crippen LogP contribution in [0.2, 0.25) is 5.15 Å². The normalized spacial score (nSPS) is 10.4. The maximum absolute atomic E-state index is 13.1. The van der Waals surface area contributed by atoms with Crippen LogP contribution in [0.1, 0.15) is 0 Å². The number of nitrogens with one attached hydrogen (secondary N) is 1. The van der Waals surface area contributed by atoms with Crippen LogP contribution in [0.3, 0.4) is 0 Å². The van der Waals surface area contributed by atoms with E-state index in [1.165, 1.54) is 18.5 Å². The van der Waals surface area contributed by atoms with Gasteiger partial charge in [-0.25, -0.2) is 14.4 Å². The Kier molecular flexibility index (Phi) is 3.96. The van der Waals surface area contributed by atoms with E-state index >= 15 is 0 Å². The molecule has 0 saturated heterocycles. The number of benzene rings is 1. The molecule has 3 nitrogen and oxygen atoms in total. The molecule has 0 fully saturated rings. The highest BCUT2D eigenvalue weighted by molar-refractivity contribution is 9.11. The molecule has 1 N–H and O–H groups in total. The molecule has 0 saturated carbocycles. The zero-order valence-electron chi connectivity index (χ0n) is 8.22. The molecule has 0 atom stereocenters. The van der Waals surface area contributed by atoms with Crippen molar-refractivity contribution in [3.63, 3.8) is 0 Å². The highest BCUT2D eigenvalue weighted by atomic mass is 79.9. The first-order valence-corrected chi connectivity index (χ1v) is 6.42. The van der Waals surface area contributed by atoms with Gasteiger partial charge in [0.25, 0.3) is 0 Å². The van der Waals surface area contributed by atoms with Gasteiger partial charge in [-0.05, 0) is 50.1 Å². The Balaban J connectivity index is 2.38. The van der Waals surface area contributed by atoms with E-state index in [1.807, 2.05) is 0 Å². The smallest absolute Gasteiger partial charge is 0.149 e. The van der Waals surface area contributed by atoms with Gasteiger partial charge in [0.05, 0.1) is 10.2 Å². The van der Waals surface area contributed by atoms with Crippen LogP contribution >= 0.6 is 43.5 Å². The molecule has 1 aromatic heterocycles. The third kappa shape index (κ3) is 2.94. The molecule has 7 heteroatoms. The summed E-state index contributed by atoms with van der Waals surface area (Å²) in [7, 11) is 0. The topological polar surface area (TPSA) is 37.8 Å². The second-order valence-electron chi connectivity index (χ2n) is 3.08. The minimum absolute atomic E-state index is 0.287. The van der Waals surface area contributed by atoms with Gasteiger partial charge in [0.15, 0.2) is 0 Å². The summed E-state index contributed by atoms with van der Waals surface area (Å²) in [5.74, 6) is 0.128. The largest absolute Gasteiger partial charge is 0.338 e. The monoisotopic (exact) mass is 379 g/mol. The van der Waals surface area contributed by atoms with Gasteiger partial charge in [-0.3, -0.25) is 0 Å². The van der Waals surface area contributed by atoms with Crippen molar-refractivity contribution in [3.05, 3.63) is 44.4 Å². The van der Waals surface area contributed by atoms with E-state index in [2.05, 4.69) is 47.1 Å². The number of halogens is 4. The van der Waals surface area contributed by atoms with E-state index < -0.39 is 0 Å². The highest BCUT2D eigenvalue weighted by Gasteiger charge is 2.09. The Morgan fingerprint density at radius 2 is 2.00 bits per heavy atom. The molecule has 0 spiro atoms. The molecule has 88 valence electrons. The average molecular weight is 381 g/mol. The first-order chi connectivity index (χ1) is 8.08. The van der Waals surface area contributed by atoms with Gasteiger partial charge in [0.1, 0.15) is 23.1 Å². The van der Waals surface area contributed by atoms with Gasteiger partial charge in [-0.2, -0.15) is 0 Å². The number of hydrogen-bond acceptors (Lipinski definition) is 3. The van der Waals surface area contributed by atoms with Crippen molar-refractivity contribution in [3.8, 4) is 0 Å². The minimum atomic E-state index is -0.341. The summed E-state index contributed by atoms with van der Waals surface area (Å²) < 4.78 is 14.3. The molecule has 0 aliphatic rings. The van der Waals surface area contributed by atoms with Gasteiger partial charge in [-0.15, -0.1) is 0 Å². The lowest BCUT2D eigenvalue weighted by molar-refractivity contribution is 0.628. The van der Waals surface area contributed by atoms with E-state index in [0.29, 0.717) is 16.0 Å².